The van der Waals surface area contributed by atoms with Crippen molar-refractivity contribution in [1.29, 1.82) is 0 Å². The molecule has 2 aliphatic rings. The minimum absolute atomic E-state index is 0.714. The highest BCUT2D eigenvalue weighted by Gasteiger charge is 2.27. The first-order valence-corrected chi connectivity index (χ1v) is 10.0. The average molecular weight is 363 g/mol. The van der Waals surface area contributed by atoms with Gasteiger partial charge in [-0.25, -0.2) is 0 Å². The van der Waals surface area contributed by atoms with Gasteiger partial charge in [0.2, 0.25) is 5.13 Å². The fourth-order valence-electron chi connectivity index (χ4n) is 3.80. The molecule has 3 heterocycles. The molecule has 0 unspecified atom stereocenters. The molecule has 4 nitrogen and oxygen atoms in total. The van der Waals surface area contributed by atoms with Crippen molar-refractivity contribution in [3.05, 3.63) is 29.3 Å². The van der Waals surface area contributed by atoms with Gasteiger partial charge in [0.05, 0.1) is 5.02 Å². The number of halogens is 1. The summed E-state index contributed by atoms with van der Waals surface area (Å²) in [6.45, 7) is 4.75. The third kappa shape index (κ3) is 3.44. The first kappa shape index (κ1) is 16.3. The Morgan fingerprint density at radius 3 is 2.50 bits per heavy atom. The Balaban J connectivity index is 1.40. The first-order valence-electron chi connectivity index (χ1n) is 8.89. The lowest BCUT2D eigenvalue weighted by Gasteiger charge is -2.40. The number of hydrogen-bond acceptors (Lipinski definition) is 5. The third-order valence-corrected chi connectivity index (χ3v) is 6.28. The first-order chi connectivity index (χ1) is 11.8. The minimum Gasteiger partial charge on any atom is -0.347 e. The molecular formula is C18H23ClN4S. The Bertz CT molecular complexity index is 675. The van der Waals surface area contributed by atoms with Gasteiger partial charge in [-0.15, -0.1) is 0 Å². The molecule has 1 aromatic heterocycles. The number of likely N-dealkylation sites (tertiary alicyclic amines) is 1. The molecule has 0 atom stereocenters. The van der Waals surface area contributed by atoms with Crippen LogP contribution in [0.15, 0.2) is 24.3 Å². The lowest BCUT2D eigenvalue weighted by atomic mass is 10.0. The van der Waals surface area contributed by atoms with Gasteiger partial charge in [0.25, 0.3) is 0 Å². The van der Waals surface area contributed by atoms with Crippen molar-refractivity contribution in [3.63, 3.8) is 0 Å². The number of piperidine rings is 2. The molecule has 0 aliphatic carbocycles. The number of anilines is 1. The largest absolute Gasteiger partial charge is 0.347 e. The van der Waals surface area contributed by atoms with Crippen molar-refractivity contribution in [2.45, 2.75) is 38.1 Å². The summed E-state index contributed by atoms with van der Waals surface area (Å²) < 4.78 is 4.53. The number of rotatable bonds is 3. The van der Waals surface area contributed by atoms with Gasteiger partial charge in [0, 0.05) is 36.2 Å². The zero-order valence-electron chi connectivity index (χ0n) is 13.8. The van der Waals surface area contributed by atoms with Gasteiger partial charge >= 0.3 is 0 Å². The second-order valence-corrected chi connectivity index (χ2v) is 7.83. The molecule has 2 aromatic rings. The second-order valence-electron chi connectivity index (χ2n) is 6.70. The lowest BCUT2D eigenvalue weighted by Crippen LogP contribution is -2.46. The van der Waals surface area contributed by atoms with Gasteiger partial charge < -0.3 is 9.80 Å². The van der Waals surface area contributed by atoms with E-state index < -0.39 is 0 Å². The molecule has 2 fully saturated rings. The van der Waals surface area contributed by atoms with Gasteiger partial charge in [-0.3, -0.25) is 0 Å². The monoisotopic (exact) mass is 362 g/mol. The normalized spacial score (nSPS) is 20.5. The second kappa shape index (κ2) is 7.38. The fraction of sp³-hybridized carbons (Fsp3) is 0.556. The highest BCUT2D eigenvalue weighted by atomic mass is 35.5. The van der Waals surface area contributed by atoms with Crippen LogP contribution in [0.4, 0.5) is 5.13 Å². The van der Waals surface area contributed by atoms with E-state index in [1.165, 1.54) is 56.7 Å². The predicted octanol–water partition coefficient (Wildman–Crippen LogP) is 4.31. The average Bonchev–Trinajstić information content (AvgIpc) is 3.13. The summed E-state index contributed by atoms with van der Waals surface area (Å²) in [4.78, 5) is 9.83. The smallest absolute Gasteiger partial charge is 0.205 e. The van der Waals surface area contributed by atoms with E-state index in [0.29, 0.717) is 5.02 Å². The summed E-state index contributed by atoms with van der Waals surface area (Å²) in [5, 5.41) is 1.74. The molecule has 0 amide bonds. The van der Waals surface area contributed by atoms with Gasteiger partial charge in [-0.2, -0.15) is 9.36 Å². The van der Waals surface area contributed by atoms with Crippen LogP contribution in [0.2, 0.25) is 5.02 Å². The summed E-state index contributed by atoms with van der Waals surface area (Å²) in [5.41, 5.74) is 0.921. The molecule has 0 spiro atoms. The van der Waals surface area contributed by atoms with Crippen LogP contribution in [-0.4, -0.2) is 46.5 Å². The maximum Gasteiger partial charge on any atom is 0.205 e. The molecule has 2 saturated heterocycles. The van der Waals surface area contributed by atoms with Crippen LogP contribution >= 0.6 is 23.1 Å². The molecule has 6 heteroatoms. The van der Waals surface area contributed by atoms with Crippen LogP contribution in [0.5, 0.6) is 0 Å². The van der Waals surface area contributed by atoms with Gasteiger partial charge in [-0.05, 0) is 50.9 Å². The van der Waals surface area contributed by atoms with Gasteiger partial charge in [0.15, 0.2) is 5.82 Å². The van der Waals surface area contributed by atoms with Crippen molar-refractivity contribution in [1.82, 2.24) is 14.3 Å². The Morgan fingerprint density at radius 2 is 1.75 bits per heavy atom. The van der Waals surface area contributed by atoms with Crippen molar-refractivity contribution in [2.24, 2.45) is 0 Å². The van der Waals surface area contributed by atoms with Crippen LogP contribution in [0, 0.1) is 0 Å². The third-order valence-electron chi connectivity index (χ3n) is 5.17. The summed E-state index contributed by atoms with van der Waals surface area (Å²) in [6, 6.07) is 8.55. The highest BCUT2D eigenvalue weighted by Crippen LogP contribution is 2.31. The van der Waals surface area contributed by atoms with Crippen LogP contribution in [0.1, 0.15) is 32.1 Å². The van der Waals surface area contributed by atoms with Crippen LogP contribution < -0.4 is 4.90 Å². The molecule has 0 bridgehead atoms. The molecule has 1 aromatic carbocycles. The summed E-state index contributed by atoms with van der Waals surface area (Å²) in [6.07, 6.45) is 6.63. The summed E-state index contributed by atoms with van der Waals surface area (Å²) >= 11 is 7.75. The molecule has 128 valence electrons. The summed E-state index contributed by atoms with van der Waals surface area (Å²) in [7, 11) is 0. The Morgan fingerprint density at radius 1 is 1.00 bits per heavy atom. The van der Waals surface area contributed by atoms with E-state index in [9.17, 15) is 0 Å². The highest BCUT2D eigenvalue weighted by molar-refractivity contribution is 7.09. The Kier molecular flexibility index (Phi) is 5.01. The molecule has 24 heavy (non-hydrogen) atoms. The number of aromatic nitrogens is 2. The van der Waals surface area contributed by atoms with E-state index >= 15 is 0 Å². The van der Waals surface area contributed by atoms with E-state index in [2.05, 4.69) is 14.2 Å². The molecule has 2 aliphatic heterocycles. The molecule has 0 radical (unpaired) electrons. The molecule has 4 rings (SSSR count). The number of hydrogen-bond donors (Lipinski definition) is 0. The topological polar surface area (TPSA) is 32.3 Å². The van der Waals surface area contributed by atoms with Crippen molar-refractivity contribution in [3.8, 4) is 11.4 Å². The standard InChI is InChI=1S/C18H23ClN4S/c19-16-7-3-2-6-15(16)17-20-18(24-21-17)23-12-8-14(9-13-23)22-10-4-1-5-11-22/h2-3,6-7,14H,1,4-5,8-13H2. The SMILES string of the molecule is Clc1ccccc1-c1nsc(N2CCC(N3CCCCC3)CC2)n1. The van der Waals surface area contributed by atoms with Gasteiger partial charge in [-0.1, -0.05) is 30.2 Å². The fourth-order valence-corrected chi connectivity index (χ4v) is 4.75. The minimum atomic E-state index is 0.714. The lowest BCUT2D eigenvalue weighted by molar-refractivity contribution is 0.141. The maximum atomic E-state index is 6.26. The quantitative estimate of drug-likeness (QED) is 0.814. The van der Waals surface area contributed by atoms with Crippen LogP contribution in [-0.2, 0) is 0 Å². The van der Waals surface area contributed by atoms with E-state index in [1.54, 1.807) is 0 Å². The van der Waals surface area contributed by atoms with Crippen LogP contribution in [0.25, 0.3) is 11.4 Å². The van der Waals surface area contributed by atoms with Crippen molar-refractivity contribution >= 4 is 28.3 Å². The zero-order chi connectivity index (χ0) is 16.4. The van der Waals surface area contributed by atoms with E-state index in [1.807, 2.05) is 24.3 Å². The maximum absolute atomic E-state index is 6.26. The van der Waals surface area contributed by atoms with Crippen LogP contribution in [0.3, 0.4) is 0 Å². The van der Waals surface area contributed by atoms with E-state index in [4.69, 9.17) is 16.6 Å². The van der Waals surface area contributed by atoms with E-state index in [0.717, 1.165) is 35.7 Å². The Labute approximate surface area is 152 Å². The number of benzene rings is 1. The molecule has 0 N–H and O–H groups in total. The Hall–Kier alpha value is -1.17. The summed E-state index contributed by atoms with van der Waals surface area (Å²) in [5.74, 6) is 0.749. The van der Waals surface area contributed by atoms with Crippen molar-refractivity contribution < 1.29 is 0 Å². The van der Waals surface area contributed by atoms with Gasteiger partial charge in [0.1, 0.15) is 0 Å². The molecular weight excluding hydrogens is 340 g/mol. The molecule has 0 saturated carbocycles. The predicted molar refractivity (Wildman–Crippen MR) is 101 cm³/mol. The van der Waals surface area contributed by atoms with Crippen molar-refractivity contribution in [2.75, 3.05) is 31.1 Å². The van der Waals surface area contributed by atoms with E-state index in [-0.39, 0.29) is 0 Å². The number of nitrogens with zero attached hydrogens (tertiary/aromatic N) is 4. The zero-order valence-corrected chi connectivity index (χ0v) is 15.4.